The van der Waals surface area contributed by atoms with Crippen molar-refractivity contribution in [3.63, 3.8) is 0 Å². The van der Waals surface area contributed by atoms with E-state index >= 15 is 0 Å². The number of ether oxygens (including phenoxy) is 2. The quantitative estimate of drug-likeness (QED) is 0.620. The minimum absolute atomic E-state index is 0.115. The molecule has 0 saturated heterocycles. The Kier molecular flexibility index (Phi) is 7.15. The van der Waals surface area contributed by atoms with Crippen LogP contribution < -0.4 is 10.1 Å². The first kappa shape index (κ1) is 23.1. The number of carboxylic acids is 1. The number of nitrogens with zero attached hydrogens (tertiary/aromatic N) is 3. The molecule has 2 N–H and O–H groups in total. The number of aromatic nitrogens is 3. The Morgan fingerprint density at radius 1 is 1.21 bits per heavy atom. The molecule has 0 spiro atoms. The molecule has 2 aromatic heterocycles. The fourth-order valence-electron chi connectivity index (χ4n) is 4.43. The second kappa shape index (κ2) is 10.2. The number of hydrogen-bond acceptors (Lipinski definition) is 6. The van der Waals surface area contributed by atoms with Crippen molar-refractivity contribution >= 4 is 12.1 Å². The summed E-state index contributed by atoms with van der Waals surface area (Å²) in [5.41, 5.74) is 3.12. The van der Waals surface area contributed by atoms with Gasteiger partial charge in [0, 0.05) is 12.6 Å². The highest BCUT2D eigenvalue weighted by atomic mass is 16.5. The van der Waals surface area contributed by atoms with Gasteiger partial charge in [-0.05, 0) is 63.5 Å². The van der Waals surface area contributed by atoms with Crippen LogP contribution in [0.4, 0.5) is 4.79 Å². The Labute approximate surface area is 193 Å². The van der Waals surface area contributed by atoms with Crippen LogP contribution in [0, 0.1) is 18.8 Å². The lowest BCUT2D eigenvalue weighted by molar-refractivity contribution is -0.143. The molecule has 2 saturated carbocycles. The summed E-state index contributed by atoms with van der Waals surface area (Å²) in [6.45, 7) is 2.63. The van der Waals surface area contributed by atoms with Gasteiger partial charge < -0.3 is 19.9 Å². The fourth-order valence-corrected chi connectivity index (χ4v) is 4.43. The van der Waals surface area contributed by atoms with Crippen LogP contribution in [0.5, 0.6) is 5.75 Å². The highest BCUT2D eigenvalue weighted by Gasteiger charge is 2.28. The molecule has 0 bridgehead atoms. The number of amides is 1. The van der Waals surface area contributed by atoms with Crippen molar-refractivity contribution in [2.45, 2.75) is 64.5 Å². The predicted octanol–water partition coefficient (Wildman–Crippen LogP) is 3.84. The molecular weight excluding hydrogens is 424 g/mol. The number of alkyl carbamates (subject to hydrolysis) is 1. The van der Waals surface area contributed by atoms with Crippen molar-refractivity contribution in [1.29, 1.82) is 0 Å². The van der Waals surface area contributed by atoms with Gasteiger partial charge in [-0.25, -0.2) is 9.78 Å². The topological polar surface area (TPSA) is 116 Å². The van der Waals surface area contributed by atoms with E-state index in [1.807, 2.05) is 26.1 Å². The van der Waals surface area contributed by atoms with Crippen molar-refractivity contribution in [1.82, 2.24) is 20.1 Å². The van der Waals surface area contributed by atoms with Gasteiger partial charge in [0.1, 0.15) is 5.75 Å². The molecule has 2 heterocycles. The number of carbonyl (C=O) groups excluding carboxylic acids is 1. The van der Waals surface area contributed by atoms with E-state index in [-0.39, 0.29) is 18.6 Å². The number of nitrogens with one attached hydrogen (secondary N) is 1. The van der Waals surface area contributed by atoms with Gasteiger partial charge in [0.2, 0.25) is 0 Å². The molecule has 0 aliphatic heterocycles. The maximum Gasteiger partial charge on any atom is 0.407 e. The summed E-state index contributed by atoms with van der Waals surface area (Å²) in [7, 11) is 1.83. The third-order valence-corrected chi connectivity index (χ3v) is 6.72. The second-order valence-corrected chi connectivity index (χ2v) is 9.10. The molecule has 2 fully saturated rings. The number of rotatable bonds is 8. The number of aryl methyl sites for hydroxylation is 2. The number of hydrogen-bond donors (Lipinski definition) is 2. The Hall–Kier alpha value is -3.10. The summed E-state index contributed by atoms with van der Waals surface area (Å²) in [6, 6.07) is 3.74. The van der Waals surface area contributed by atoms with E-state index in [0.717, 1.165) is 48.3 Å². The lowest BCUT2D eigenvalue weighted by atomic mass is 9.86. The largest absolute Gasteiger partial charge is 0.489 e. The zero-order valence-corrected chi connectivity index (χ0v) is 19.2. The lowest BCUT2D eigenvalue weighted by Crippen LogP contribution is -2.29. The Bertz CT molecular complexity index is 1000. The van der Waals surface area contributed by atoms with Gasteiger partial charge in [-0.1, -0.05) is 6.42 Å². The Balaban J connectivity index is 1.39. The van der Waals surface area contributed by atoms with E-state index in [0.29, 0.717) is 31.1 Å². The van der Waals surface area contributed by atoms with Gasteiger partial charge in [0.15, 0.2) is 0 Å². The minimum atomic E-state index is -0.752. The molecule has 0 radical (unpaired) electrons. The van der Waals surface area contributed by atoms with Gasteiger partial charge >= 0.3 is 12.1 Å². The average Bonchev–Trinajstić information content (AvgIpc) is 3.13. The van der Waals surface area contributed by atoms with E-state index in [4.69, 9.17) is 14.5 Å². The predicted molar refractivity (Wildman–Crippen MR) is 121 cm³/mol. The highest BCUT2D eigenvalue weighted by molar-refractivity contribution is 5.70. The van der Waals surface area contributed by atoms with Crippen LogP contribution in [0.2, 0.25) is 0 Å². The zero-order chi connectivity index (χ0) is 23.4. The highest BCUT2D eigenvalue weighted by Crippen LogP contribution is 2.31. The molecule has 178 valence electrons. The summed E-state index contributed by atoms with van der Waals surface area (Å²) in [6.07, 6.45) is 7.59. The van der Waals surface area contributed by atoms with E-state index in [1.54, 1.807) is 10.9 Å². The number of carbonyl (C=O) groups is 2. The average molecular weight is 457 g/mol. The molecule has 1 amide bonds. The maximum absolute atomic E-state index is 12.1. The molecule has 2 aliphatic carbocycles. The van der Waals surface area contributed by atoms with Gasteiger partial charge in [0.25, 0.3) is 0 Å². The van der Waals surface area contributed by atoms with Crippen LogP contribution in [-0.4, -0.2) is 44.6 Å². The summed E-state index contributed by atoms with van der Waals surface area (Å²) >= 11 is 0. The molecular formula is C24H32N4O5. The number of carboxylic acid groups (broad SMARTS) is 1. The van der Waals surface area contributed by atoms with Crippen LogP contribution >= 0.6 is 0 Å². The lowest BCUT2D eigenvalue weighted by Gasteiger charge is -2.27. The Morgan fingerprint density at radius 3 is 2.70 bits per heavy atom. The third kappa shape index (κ3) is 5.64. The smallest absolute Gasteiger partial charge is 0.407 e. The Morgan fingerprint density at radius 2 is 2.00 bits per heavy atom. The summed E-state index contributed by atoms with van der Waals surface area (Å²) in [4.78, 5) is 28.1. The second-order valence-electron chi connectivity index (χ2n) is 9.10. The van der Waals surface area contributed by atoms with Crippen molar-refractivity contribution in [3.05, 3.63) is 29.7 Å². The molecule has 2 atom stereocenters. The summed E-state index contributed by atoms with van der Waals surface area (Å²) < 4.78 is 13.1. The van der Waals surface area contributed by atoms with Gasteiger partial charge in [0.05, 0.1) is 48.5 Å². The number of pyridine rings is 1. The van der Waals surface area contributed by atoms with Crippen molar-refractivity contribution in [2.24, 2.45) is 18.9 Å². The van der Waals surface area contributed by atoms with Crippen molar-refractivity contribution in [2.75, 3.05) is 6.61 Å². The SMILES string of the molecule is Cc1nc(-c2cnn(C)c2CNC(=O)OCC2CCC2)ccc1O[C@H]1CCCC(C(=O)O)C1. The van der Waals surface area contributed by atoms with E-state index < -0.39 is 12.1 Å². The van der Waals surface area contributed by atoms with Crippen LogP contribution in [0.15, 0.2) is 18.3 Å². The summed E-state index contributed by atoms with van der Waals surface area (Å²) in [5.74, 6) is 0.0674. The normalized spacial score (nSPS) is 20.7. The molecule has 9 heteroatoms. The first-order valence-electron chi connectivity index (χ1n) is 11.7. The first-order valence-corrected chi connectivity index (χ1v) is 11.7. The van der Waals surface area contributed by atoms with Gasteiger partial charge in [-0.3, -0.25) is 9.48 Å². The van der Waals surface area contributed by atoms with Crippen LogP contribution in [0.3, 0.4) is 0 Å². The van der Waals surface area contributed by atoms with Crippen molar-refractivity contribution in [3.8, 4) is 17.0 Å². The monoisotopic (exact) mass is 456 g/mol. The van der Waals surface area contributed by atoms with E-state index in [1.165, 1.54) is 6.42 Å². The van der Waals surface area contributed by atoms with Crippen LogP contribution in [0.1, 0.15) is 56.3 Å². The fraction of sp³-hybridized carbons (Fsp3) is 0.583. The van der Waals surface area contributed by atoms with Crippen molar-refractivity contribution < 1.29 is 24.2 Å². The zero-order valence-electron chi connectivity index (χ0n) is 19.2. The number of aliphatic carboxylic acids is 1. The summed E-state index contributed by atoms with van der Waals surface area (Å²) in [5, 5.41) is 16.4. The molecule has 2 aromatic rings. The molecule has 33 heavy (non-hydrogen) atoms. The van der Waals surface area contributed by atoms with Gasteiger partial charge in [-0.15, -0.1) is 0 Å². The standard InChI is InChI=1S/C24H32N4O5/c1-15-22(33-18-8-4-7-17(11-18)23(29)30)10-9-20(27-15)19-12-26-28(2)21(19)13-25-24(31)32-14-16-5-3-6-16/h9-10,12,16-18H,3-8,11,13-14H2,1-2H3,(H,25,31)(H,29,30)/t17?,18-/m0/s1. The molecule has 1 unspecified atom stereocenters. The molecule has 4 rings (SSSR count). The third-order valence-electron chi connectivity index (χ3n) is 6.72. The first-order chi connectivity index (χ1) is 15.9. The molecule has 2 aliphatic rings. The van der Waals surface area contributed by atoms with Gasteiger partial charge in [-0.2, -0.15) is 5.10 Å². The maximum atomic E-state index is 12.1. The van der Waals surface area contributed by atoms with Crippen LogP contribution in [-0.2, 0) is 23.1 Å². The molecule has 9 nitrogen and oxygen atoms in total. The van der Waals surface area contributed by atoms with E-state index in [9.17, 15) is 14.7 Å². The van der Waals surface area contributed by atoms with E-state index in [2.05, 4.69) is 10.4 Å². The van der Waals surface area contributed by atoms with Crippen LogP contribution in [0.25, 0.3) is 11.3 Å². The molecule has 0 aromatic carbocycles. The minimum Gasteiger partial charge on any atom is -0.489 e.